The fourth-order valence-electron chi connectivity index (χ4n) is 1.59. The van der Waals surface area contributed by atoms with Crippen LogP contribution in [0, 0.1) is 13.8 Å². The fourth-order valence-corrected chi connectivity index (χ4v) is 1.98. The molecule has 0 bridgehead atoms. The molecule has 4 heteroatoms. The number of hydrogen-bond acceptors (Lipinski definition) is 2. The third kappa shape index (κ3) is 2.03. The monoisotopic (exact) mass is 280 g/mol. The summed E-state index contributed by atoms with van der Waals surface area (Å²) in [7, 11) is 0. The molecule has 0 aliphatic rings. The third-order valence-corrected chi connectivity index (χ3v) is 3.16. The van der Waals surface area contributed by atoms with Gasteiger partial charge < -0.3 is 5.11 Å². The van der Waals surface area contributed by atoms with Crippen molar-refractivity contribution in [3.05, 3.63) is 45.7 Å². The molecule has 1 aromatic carbocycles. The molecule has 0 atom stereocenters. The van der Waals surface area contributed by atoms with Crippen molar-refractivity contribution in [3.8, 4) is 5.69 Å². The van der Waals surface area contributed by atoms with E-state index in [4.69, 9.17) is 5.11 Å². The Bertz CT molecular complexity index is 520. The first kappa shape index (κ1) is 11.4. The lowest BCUT2D eigenvalue weighted by molar-refractivity contribution is 0.275. The molecule has 0 spiro atoms. The quantitative estimate of drug-likeness (QED) is 0.919. The van der Waals surface area contributed by atoms with Gasteiger partial charge in [-0.3, -0.25) is 0 Å². The maximum Gasteiger partial charge on any atom is 0.102 e. The largest absolute Gasteiger partial charge is 0.390 e. The Morgan fingerprint density at radius 1 is 1.38 bits per heavy atom. The molecule has 0 saturated carbocycles. The Hall–Kier alpha value is -1.13. The van der Waals surface area contributed by atoms with Crippen molar-refractivity contribution >= 4 is 15.9 Å². The Balaban J connectivity index is 2.53. The average molecular weight is 281 g/mol. The molecule has 84 valence electrons. The summed E-state index contributed by atoms with van der Waals surface area (Å²) in [5, 5.41) is 13.4. The van der Waals surface area contributed by atoms with E-state index in [-0.39, 0.29) is 6.61 Å². The summed E-state index contributed by atoms with van der Waals surface area (Å²) in [6.45, 7) is 4.04. The van der Waals surface area contributed by atoms with Gasteiger partial charge in [-0.25, -0.2) is 4.68 Å². The van der Waals surface area contributed by atoms with Gasteiger partial charge in [0.15, 0.2) is 0 Å². The first-order valence-corrected chi connectivity index (χ1v) is 5.83. The predicted molar refractivity (Wildman–Crippen MR) is 66.7 cm³/mol. The molecule has 2 aromatic rings. The molecule has 0 radical (unpaired) electrons. The number of aliphatic hydroxyl groups is 1. The number of aromatic nitrogens is 2. The molecule has 1 heterocycles. The fraction of sp³-hybridized carbons (Fsp3) is 0.250. The van der Waals surface area contributed by atoms with E-state index in [0.29, 0.717) is 5.69 Å². The summed E-state index contributed by atoms with van der Waals surface area (Å²) < 4.78 is 2.62. The van der Waals surface area contributed by atoms with Gasteiger partial charge in [0, 0.05) is 6.20 Å². The van der Waals surface area contributed by atoms with Crippen LogP contribution in [0.1, 0.15) is 16.8 Å². The molecular weight excluding hydrogens is 268 g/mol. The summed E-state index contributed by atoms with van der Waals surface area (Å²) in [5.41, 5.74) is 4.05. The van der Waals surface area contributed by atoms with E-state index >= 15 is 0 Å². The molecule has 0 saturated heterocycles. The van der Waals surface area contributed by atoms with Crippen molar-refractivity contribution in [2.24, 2.45) is 0 Å². The van der Waals surface area contributed by atoms with E-state index in [9.17, 15) is 0 Å². The lowest BCUT2D eigenvalue weighted by atomic mass is 10.1. The average Bonchev–Trinajstić information content (AvgIpc) is 2.63. The van der Waals surface area contributed by atoms with Crippen LogP contribution in [0.3, 0.4) is 0 Å². The molecule has 1 N–H and O–H groups in total. The number of aliphatic hydroxyl groups excluding tert-OH is 1. The zero-order valence-electron chi connectivity index (χ0n) is 9.24. The van der Waals surface area contributed by atoms with Crippen molar-refractivity contribution in [1.29, 1.82) is 0 Å². The van der Waals surface area contributed by atoms with Crippen LogP contribution in [0.5, 0.6) is 0 Å². The van der Waals surface area contributed by atoms with Crippen molar-refractivity contribution in [2.45, 2.75) is 20.5 Å². The number of nitrogens with zero attached hydrogens (tertiary/aromatic N) is 2. The highest BCUT2D eigenvalue weighted by atomic mass is 79.9. The summed E-state index contributed by atoms with van der Waals surface area (Å²) in [5.74, 6) is 0. The van der Waals surface area contributed by atoms with Gasteiger partial charge in [-0.15, -0.1) is 0 Å². The molecule has 3 nitrogen and oxygen atoms in total. The number of halogens is 1. The highest BCUT2D eigenvalue weighted by Gasteiger charge is 2.08. The Morgan fingerprint density at radius 3 is 2.75 bits per heavy atom. The van der Waals surface area contributed by atoms with Crippen molar-refractivity contribution in [2.75, 3.05) is 0 Å². The molecule has 1 aromatic heterocycles. The maximum atomic E-state index is 9.10. The number of benzene rings is 1. The second-order valence-corrected chi connectivity index (χ2v) is 4.67. The smallest absolute Gasteiger partial charge is 0.102 e. The minimum atomic E-state index is -0.0571. The first-order chi connectivity index (χ1) is 7.61. The van der Waals surface area contributed by atoms with Gasteiger partial charge in [0.05, 0.1) is 16.8 Å². The Morgan fingerprint density at radius 2 is 2.12 bits per heavy atom. The second-order valence-electron chi connectivity index (χ2n) is 3.82. The van der Waals surface area contributed by atoms with E-state index in [0.717, 1.165) is 15.7 Å². The molecule has 0 aliphatic carbocycles. The van der Waals surface area contributed by atoms with Crippen LogP contribution < -0.4 is 0 Å². The lowest BCUT2D eigenvalue weighted by Crippen LogP contribution is -1.99. The summed E-state index contributed by atoms with van der Waals surface area (Å²) in [6, 6.07) is 6.22. The summed E-state index contributed by atoms with van der Waals surface area (Å²) >= 11 is 3.37. The highest BCUT2D eigenvalue weighted by molar-refractivity contribution is 9.10. The zero-order valence-corrected chi connectivity index (χ0v) is 10.8. The second kappa shape index (κ2) is 4.39. The predicted octanol–water partition coefficient (Wildman–Crippen LogP) is 2.74. The van der Waals surface area contributed by atoms with E-state index in [1.807, 2.05) is 13.1 Å². The summed E-state index contributed by atoms with van der Waals surface area (Å²) in [6.07, 6.45) is 1.87. The lowest BCUT2D eigenvalue weighted by Gasteiger charge is -2.06. The third-order valence-electron chi connectivity index (χ3n) is 2.50. The van der Waals surface area contributed by atoms with Crippen molar-refractivity contribution in [1.82, 2.24) is 9.78 Å². The highest BCUT2D eigenvalue weighted by Crippen LogP contribution is 2.20. The molecule has 0 fully saturated rings. The van der Waals surface area contributed by atoms with Crippen molar-refractivity contribution in [3.63, 3.8) is 0 Å². The van der Waals surface area contributed by atoms with Crippen LogP contribution in [0.4, 0.5) is 0 Å². The normalized spacial score (nSPS) is 10.8. The standard InChI is InChI=1S/C12H13BrN2O/c1-8-3-4-9(2)12(5-8)15-6-10(13)11(7-16)14-15/h3-6,16H,7H2,1-2H3. The van der Waals surface area contributed by atoms with Crippen LogP contribution in [0.25, 0.3) is 5.69 Å². The molecule has 0 unspecified atom stereocenters. The van der Waals surface area contributed by atoms with Gasteiger partial charge in [0.2, 0.25) is 0 Å². The van der Waals surface area contributed by atoms with E-state index < -0.39 is 0 Å². The maximum absolute atomic E-state index is 9.10. The van der Waals surface area contributed by atoms with Gasteiger partial charge in [0.25, 0.3) is 0 Å². The van der Waals surface area contributed by atoms with Crippen LogP contribution in [0.2, 0.25) is 0 Å². The molecular formula is C12H13BrN2O. The van der Waals surface area contributed by atoms with Gasteiger partial charge in [-0.05, 0) is 47.0 Å². The van der Waals surface area contributed by atoms with Crippen LogP contribution in [-0.4, -0.2) is 14.9 Å². The SMILES string of the molecule is Cc1ccc(C)c(-n2cc(Br)c(CO)n2)c1. The van der Waals surface area contributed by atoms with Gasteiger partial charge in [0.1, 0.15) is 5.69 Å². The minimum Gasteiger partial charge on any atom is -0.390 e. The number of aryl methyl sites for hydroxylation is 2. The molecule has 2 rings (SSSR count). The Kier molecular flexibility index (Phi) is 3.12. The number of hydrogen-bond donors (Lipinski definition) is 1. The topological polar surface area (TPSA) is 38.0 Å². The first-order valence-electron chi connectivity index (χ1n) is 5.04. The van der Waals surface area contributed by atoms with Crippen LogP contribution >= 0.6 is 15.9 Å². The van der Waals surface area contributed by atoms with E-state index in [2.05, 4.69) is 46.2 Å². The molecule has 0 aliphatic heterocycles. The summed E-state index contributed by atoms with van der Waals surface area (Å²) in [4.78, 5) is 0. The van der Waals surface area contributed by atoms with Crippen LogP contribution in [-0.2, 0) is 6.61 Å². The van der Waals surface area contributed by atoms with E-state index in [1.54, 1.807) is 4.68 Å². The van der Waals surface area contributed by atoms with Gasteiger partial charge in [-0.2, -0.15) is 5.10 Å². The van der Waals surface area contributed by atoms with Gasteiger partial charge in [-0.1, -0.05) is 12.1 Å². The molecule has 16 heavy (non-hydrogen) atoms. The zero-order chi connectivity index (χ0) is 11.7. The Labute approximate surface area is 103 Å². The molecule has 0 amide bonds. The van der Waals surface area contributed by atoms with Gasteiger partial charge >= 0.3 is 0 Å². The minimum absolute atomic E-state index is 0.0571. The van der Waals surface area contributed by atoms with Crippen LogP contribution in [0.15, 0.2) is 28.9 Å². The van der Waals surface area contributed by atoms with Crippen molar-refractivity contribution < 1.29 is 5.11 Å². The number of rotatable bonds is 2. The van der Waals surface area contributed by atoms with E-state index in [1.165, 1.54) is 5.56 Å².